The van der Waals surface area contributed by atoms with Crippen LogP contribution in [0.1, 0.15) is 51.8 Å². The predicted octanol–water partition coefficient (Wildman–Crippen LogP) is 2.24. The molecule has 1 spiro atoms. The summed E-state index contributed by atoms with van der Waals surface area (Å²) in [5.74, 6) is -2.08. The van der Waals surface area contributed by atoms with E-state index in [0.29, 0.717) is 0 Å². The van der Waals surface area contributed by atoms with E-state index in [-0.39, 0.29) is 32.6 Å². The third kappa shape index (κ3) is 2.54. The number of rotatable bonds is 3. The van der Waals surface area contributed by atoms with Crippen LogP contribution in [0.25, 0.3) is 0 Å². The monoisotopic (exact) mass is 493 g/mol. The normalized spacial score (nSPS) is 20.7. The molecule has 182 valence electrons. The van der Waals surface area contributed by atoms with Gasteiger partial charge in [-0.05, 0) is 20.8 Å². The first-order chi connectivity index (χ1) is 16.8. The Morgan fingerprint density at radius 2 is 0.829 bits per heavy atom. The molecule has 0 radical (unpaired) electrons. The summed E-state index contributed by atoms with van der Waals surface area (Å²) in [6.45, 7) is 4.78. The third-order valence-corrected chi connectivity index (χ3v) is 13.5. The van der Waals surface area contributed by atoms with Gasteiger partial charge in [0, 0.05) is 0 Å². The van der Waals surface area contributed by atoms with Crippen molar-refractivity contribution < 1.29 is 32.9 Å². The van der Waals surface area contributed by atoms with Gasteiger partial charge in [0.05, 0.1) is 19.6 Å². The molecule has 0 saturated heterocycles. The van der Waals surface area contributed by atoms with Crippen LogP contribution in [0.3, 0.4) is 0 Å². The Labute approximate surface area is 203 Å². The summed E-state index contributed by atoms with van der Waals surface area (Å²) in [7, 11) is 0. The molecule has 3 aromatic rings. The fourth-order valence-corrected chi connectivity index (χ4v) is 12.2. The van der Waals surface area contributed by atoms with E-state index in [2.05, 4.69) is 20.8 Å². The fourth-order valence-electron chi connectivity index (χ4n) is 5.60. The van der Waals surface area contributed by atoms with Crippen molar-refractivity contribution in [1.29, 1.82) is 0 Å². The van der Waals surface area contributed by atoms with Crippen molar-refractivity contribution in [3.63, 3.8) is 0 Å². The van der Waals surface area contributed by atoms with Crippen LogP contribution in [-0.4, -0.2) is 37.5 Å². The summed E-state index contributed by atoms with van der Waals surface area (Å²) in [6.07, 6.45) is 0. The topological polar surface area (TPSA) is 83.3 Å². The zero-order chi connectivity index (χ0) is 24.9. The summed E-state index contributed by atoms with van der Waals surface area (Å²) >= 11 is 0. The molecule has 0 amide bonds. The van der Waals surface area contributed by atoms with Crippen molar-refractivity contribution in [3.8, 4) is 0 Å². The summed E-state index contributed by atoms with van der Waals surface area (Å²) in [5, 5.41) is 0.859. The Kier molecular flexibility index (Phi) is 4.96. The van der Waals surface area contributed by atoms with Gasteiger partial charge >= 0.3 is 158 Å². The predicted molar refractivity (Wildman–Crippen MR) is 134 cm³/mol. The number of benzene rings is 3. The Hall–Kier alpha value is -3.54. The van der Waals surface area contributed by atoms with Crippen molar-refractivity contribution in [2.24, 2.45) is 0 Å². The van der Waals surface area contributed by atoms with Gasteiger partial charge in [-0.25, -0.2) is 0 Å². The van der Waals surface area contributed by atoms with Crippen LogP contribution in [-0.2, 0) is 13.6 Å². The van der Waals surface area contributed by atoms with Gasteiger partial charge < -0.3 is 4.90 Å². The van der Waals surface area contributed by atoms with E-state index in [1.165, 1.54) is 19.6 Å². The maximum absolute atomic E-state index is 13.0. The van der Waals surface area contributed by atoms with Crippen LogP contribution >= 0.6 is 6.63 Å². The Morgan fingerprint density at radius 3 is 1.09 bits per heavy atom. The number of quaternary nitrogens is 1. The van der Waals surface area contributed by atoms with Crippen LogP contribution < -0.4 is 20.8 Å². The van der Waals surface area contributed by atoms with E-state index in [4.69, 9.17) is 13.6 Å². The van der Waals surface area contributed by atoms with E-state index in [1.807, 2.05) is 0 Å². The quantitative estimate of drug-likeness (QED) is 0.564. The van der Waals surface area contributed by atoms with Crippen molar-refractivity contribution in [1.82, 2.24) is 0 Å². The molecule has 0 aliphatic carbocycles. The molecule has 3 aliphatic rings. The number of carbonyl (C=O) groups excluding carboxylic acids is 3. The van der Waals surface area contributed by atoms with Crippen molar-refractivity contribution in [3.05, 3.63) is 89.5 Å². The molecule has 0 atom stereocenters. The number of hydrogen-bond donors (Lipinski definition) is 1. The molecule has 8 heteroatoms. The van der Waals surface area contributed by atoms with E-state index in [9.17, 15) is 14.4 Å². The van der Waals surface area contributed by atoms with Gasteiger partial charge in [-0.2, -0.15) is 0 Å². The van der Waals surface area contributed by atoms with Gasteiger partial charge in [-0.15, -0.1) is 0 Å². The molecule has 0 fully saturated rings. The molecule has 0 saturated carbocycles. The Balaban J connectivity index is 0.000000320. The van der Waals surface area contributed by atoms with Gasteiger partial charge in [0.25, 0.3) is 0 Å². The molecule has 0 bridgehead atoms. The van der Waals surface area contributed by atoms with Gasteiger partial charge in [0.2, 0.25) is 0 Å². The Bertz CT molecular complexity index is 1240. The molecule has 3 aliphatic heterocycles. The van der Waals surface area contributed by atoms with E-state index in [1.54, 1.807) is 77.7 Å². The maximum atomic E-state index is 13.0. The van der Waals surface area contributed by atoms with Crippen LogP contribution in [0.4, 0.5) is 0 Å². The van der Waals surface area contributed by atoms with Crippen LogP contribution in [0.15, 0.2) is 72.8 Å². The molecule has 1 N–H and O–H groups in total. The molecule has 3 aromatic carbocycles. The zero-order valence-electron chi connectivity index (χ0n) is 19.9. The second-order valence-corrected chi connectivity index (χ2v) is 13.6. The average Bonchev–Trinajstić information content (AvgIpc) is 3.37. The molecule has 6 rings (SSSR count). The SMILES string of the molecule is CC[NH+](CC)CC.O=C1O[P-]23(OC(=O)c4ccccc42)(OC(=O)c2ccccc23)c2ccccc21. The second kappa shape index (κ2) is 7.48. The van der Waals surface area contributed by atoms with Crippen molar-refractivity contribution in [2.45, 2.75) is 20.8 Å². The van der Waals surface area contributed by atoms with Gasteiger partial charge in [0.1, 0.15) is 0 Å². The zero-order valence-corrected chi connectivity index (χ0v) is 20.8. The van der Waals surface area contributed by atoms with E-state index >= 15 is 0 Å². The minimum atomic E-state index is -5.71. The molecular weight excluding hydrogens is 465 g/mol. The van der Waals surface area contributed by atoms with Crippen LogP contribution in [0.5, 0.6) is 0 Å². The summed E-state index contributed by atoms with van der Waals surface area (Å²) < 4.78 is 18.4. The molecular formula is C27H28NO6P. The third-order valence-electron chi connectivity index (χ3n) is 7.36. The standard InChI is InChI=1S/C21H12O6P.C6H15N/c22-19-13-7-1-4-10-16(13)28(25-19,17-11-5-2-8-14(17)20(23)26-28)18-12-6-3-9-15(18)21(24)27-28;1-4-7(5-2)6-3/h1-12H;4-6H2,1-3H3/q-1;/p+1. The van der Waals surface area contributed by atoms with Crippen molar-refractivity contribution >= 4 is 40.4 Å². The number of fused-ring (bicyclic) bond motifs is 3. The number of hydrogen-bond acceptors (Lipinski definition) is 6. The fraction of sp³-hybridized carbons (Fsp3) is 0.222. The number of carbonyl (C=O) groups is 3. The molecule has 35 heavy (non-hydrogen) atoms. The molecule has 7 nitrogen and oxygen atoms in total. The van der Waals surface area contributed by atoms with E-state index in [0.717, 1.165) is 0 Å². The Morgan fingerprint density at radius 1 is 0.543 bits per heavy atom. The van der Waals surface area contributed by atoms with Gasteiger partial charge in [0.15, 0.2) is 0 Å². The summed E-state index contributed by atoms with van der Waals surface area (Å²) in [5.41, 5.74) is 0.645. The number of nitrogens with one attached hydrogen (secondary N) is 1. The van der Waals surface area contributed by atoms with E-state index < -0.39 is 24.5 Å². The van der Waals surface area contributed by atoms with Crippen LogP contribution in [0, 0.1) is 0 Å². The van der Waals surface area contributed by atoms with Gasteiger partial charge in [-0.3, -0.25) is 0 Å². The molecule has 3 heterocycles. The first-order valence-corrected chi connectivity index (χ1v) is 14.3. The first-order valence-electron chi connectivity index (χ1n) is 11.9. The summed E-state index contributed by atoms with van der Waals surface area (Å²) in [4.78, 5) is 40.8. The van der Waals surface area contributed by atoms with Crippen molar-refractivity contribution in [2.75, 3.05) is 19.6 Å². The second-order valence-electron chi connectivity index (χ2n) is 8.88. The minimum absolute atomic E-state index is 0.215. The van der Waals surface area contributed by atoms with Crippen LogP contribution in [0.2, 0.25) is 0 Å². The van der Waals surface area contributed by atoms with Gasteiger partial charge in [-0.1, -0.05) is 0 Å². The molecule has 0 aromatic heterocycles. The first kappa shape index (κ1) is 23.2. The average molecular weight is 493 g/mol. The molecule has 0 unspecified atom stereocenters. The summed E-state index contributed by atoms with van der Waals surface area (Å²) in [6, 6.07) is 19.8.